The van der Waals surface area contributed by atoms with E-state index in [0.29, 0.717) is 16.6 Å². The van der Waals surface area contributed by atoms with Crippen molar-refractivity contribution in [2.75, 3.05) is 18.6 Å². The normalized spacial score (nSPS) is 11.0. The predicted octanol–water partition coefficient (Wildman–Crippen LogP) is 2.69. The van der Waals surface area contributed by atoms with E-state index < -0.39 is 17.7 Å². The van der Waals surface area contributed by atoms with Crippen LogP contribution < -0.4 is 4.90 Å². The lowest BCUT2D eigenvalue weighted by atomic mass is 10.2. The minimum Gasteiger partial charge on any atom is -0.462 e. The molecule has 0 atom stereocenters. The number of hydrogen-bond donors (Lipinski definition) is 0. The summed E-state index contributed by atoms with van der Waals surface area (Å²) in [6.07, 6.45) is 0.871. The number of nitrogens with zero attached hydrogens (tertiary/aromatic N) is 2. The maximum Gasteiger partial charge on any atom is 0.416 e. The monoisotopic (exact) mass is 286 g/mol. The fourth-order valence-electron chi connectivity index (χ4n) is 1.13. The second-order valence-corrected chi connectivity index (χ2v) is 5.78. The van der Waals surface area contributed by atoms with Crippen LogP contribution in [-0.2, 0) is 9.47 Å². The molecule has 1 rings (SSSR count). The Morgan fingerprint density at radius 3 is 2.58 bits per heavy atom. The Bertz CT molecular complexity index is 465. The molecule has 0 radical (unpaired) electrons. The lowest BCUT2D eigenvalue weighted by Crippen LogP contribution is -2.34. The highest BCUT2D eigenvalue weighted by Crippen LogP contribution is 2.23. The number of amides is 1. The van der Waals surface area contributed by atoms with Crippen LogP contribution in [0.4, 0.5) is 9.93 Å². The minimum absolute atomic E-state index is 0.300. The molecule has 0 saturated heterocycles. The van der Waals surface area contributed by atoms with E-state index in [4.69, 9.17) is 9.47 Å². The van der Waals surface area contributed by atoms with Crippen molar-refractivity contribution in [2.45, 2.75) is 33.3 Å². The first-order chi connectivity index (χ1) is 8.74. The van der Waals surface area contributed by atoms with Crippen molar-refractivity contribution in [1.29, 1.82) is 0 Å². The first kappa shape index (κ1) is 15.4. The molecular weight excluding hydrogens is 268 g/mol. The van der Waals surface area contributed by atoms with Gasteiger partial charge in [0.25, 0.3) is 0 Å². The molecule has 0 fully saturated rings. The number of carbonyl (C=O) groups is 2. The summed E-state index contributed by atoms with van der Waals surface area (Å²) in [4.78, 5) is 28.9. The number of esters is 1. The molecule has 0 bridgehead atoms. The van der Waals surface area contributed by atoms with E-state index in [-0.39, 0.29) is 0 Å². The Kier molecular flexibility index (Phi) is 4.88. The van der Waals surface area contributed by atoms with E-state index in [2.05, 4.69) is 4.98 Å². The number of ether oxygens (including phenoxy) is 2. The molecule has 0 aromatic carbocycles. The minimum atomic E-state index is -0.577. The maximum atomic E-state index is 11.8. The Labute approximate surface area is 116 Å². The quantitative estimate of drug-likeness (QED) is 0.799. The molecule has 0 N–H and O–H groups in total. The largest absolute Gasteiger partial charge is 0.462 e. The van der Waals surface area contributed by atoms with Crippen LogP contribution in [0.1, 0.15) is 37.4 Å². The molecule has 6 nitrogen and oxygen atoms in total. The van der Waals surface area contributed by atoms with Crippen LogP contribution in [0, 0.1) is 0 Å². The van der Waals surface area contributed by atoms with Crippen molar-refractivity contribution >= 4 is 28.5 Å². The van der Waals surface area contributed by atoms with Crippen LogP contribution in [0.5, 0.6) is 0 Å². The SMILES string of the molecule is CCOC(=O)c1cnc(N(C)C(=O)OC(C)(C)C)s1. The van der Waals surface area contributed by atoms with Gasteiger partial charge in [0.2, 0.25) is 0 Å². The lowest BCUT2D eigenvalue weighted by molar-refractivity contribution is 0.0530. The Balaban J connectivity index is 2.76. The highest BCUT2D eigenvalue weighted by atomic mass is 32.1. The lowest BCUT2D eigenvalue weighted by Gasteiger charge is -2.23. The zero-order valence-electron chi connectivity index (χ0n) is 11.7. The summed E-state index contributed by atoms with van der Waals surface area (Å²) in [7, 11) is 1.54. The van der Waals surface area contributed by atoms with Crippen LogP contribution in [0.3, 0.4) is 0 Å². The number of aromatic nitrogens is 1. The van der Waals surface area contributed by atoms with Crippen molar-refractivity contribution < 1.29 is 19.1 Å². The van der Waals surface area contributed by atoms with Gasteiger partial charge in [0, 0.05) is 7.05 Å². The average Bonchev–Trinajstić information content (AvgIpc) is 2.75. The summed E-state index contributed by atoms with van der Waals surface area (Å²) in [5.41, 5.74) is -0.577. The Morgan fingerprint density at radius 2 is 2.05 bits per heavy atom. The molecule has 0 aliphatic carbocycles. The molecule has 1 aromatic rings. The first-order valence-electron chi connectivity index (χ1n) is 5.84. The van der Waals surface area contributed by atoms with Gasteiger partial charge in [0.1, 0.15) is 10.5 Å². The molecule has 1 aromatic heterocycles. The summed E-state index contributed by atoms with van der Waals surface area (Å²) >= 11 is 1.08. The van der Waals surface area contributed by atoms with Gasteiger partial charge < -0.3 is 9.47 Å². The van der Waals surface area contributed by atoms with Gasteiger partial charge in [-0.05, 0) is 27.7 Å². The summed E-state index contributed by atoms with van der Waals surface area (Å²) in [6.45, 7) is 7.38. The van der Waals surface area contributed by atoms with Crippen molar-refractivity contribution in [3.05, 3.63) is 11.1 Å². The zero-order chi connectivity index (χ0) is 14.6. The Morgan fingerprint density at radius 1 is 1.42 bits per heavy atom. The van der Waals surface area contributed by atoms with E-state index in [0.717, 1.165) is 11.3 Å². The van der Waals surface area contributed by atoms with Crippen LogP contribution in [0.2, 0.25) is 0 Å². The molecule has 1 heterocycles. The van der Waals surface area contributed by atoms with Gasteiger partial charge in [-0.15, -0.1) is 0 Å². The molecule has 1 amide bonds. The molecule has 0 saturated carbocycles. The molecule has 0 unspecified atom stereocenters. The predicted molar refractivity (Wildman–Crippen MR) is 72.7 cm³/mol. The Hall–Kier alpha value is -1.63. The van der Waals surface area contributed by atoms with Crippen LogP contribution >= 0.6 is 11.3 Å². The van der Waals surface area contributed by atoms with E-state index >= 15 is 0 Å². The molecule has 7 heteroatoms. The molecule has 19 heavy (non-hydrogen) atoms. The van der Waals surface area contributed by atoms with Crippen molar-refractivity contribution in [1.82, 2.24) is 4.98 Å². The summed E-state index contributed by atoms with van der Waals surface area (Å²) in [6, 6.07) is 0. The average molecular weight is 286 g/mol. The second kappa shape index (κ2) is 6.01. The van der Waals surface area contributed by atoms with Gasteiger partial charge in [-0.3, -0.25) is 4.90 Å². The van der Waals surface area contributed by atoms with Gasteiger partial charge >= 0.3 is 12.1 Å². The van der Waals surface area contributed by atoms with Crippen LogP contribution in [0.15, 0.2) is 6.20 Å². The topological polar surface area (TPSA) is 68.7 Å². The van der Waals surface area contributed by atoms with Crippen molar-refractivity contribution in [3.8, 4) is 0 Å². The van der Waals surface area contributed by atoms with E-state index in [1.807, 2.05) is 0 Å². The smallest absolute Gasteiger partial charge is 0.416 e. The van der Waals surface area contributed by atoms with Gasteiger partial charge in [-0.2, -0.15) is 0 Å². The maximum absolute atomic E-state index is 11.8. The molecular formula is C12H18N2O4S. The van der Waals surface area contributed by atoms with Crippen LogP contribution in [-0.4, -0.2) is 36.3 Å². The molecule has 106 valence electrons. The number of thiazole rings is 1. The van der Waals surface area contributed by atoms with Gasteiger partial charge in [-0.25, -0.2) is 14.6 Å². The van der Waals surface area contributed by atoms with E-state index in [9.17, 15) is 9.59 Å². The summed E-state index contributed by atoms with van der Waals surface area (Å²) in [5.74, 6) is -0.441. The second-order valence-electron chi connectivity index (χ2n) is 4.77. The van der Waals surface area contributed by atoms with Gasteiger partial charge in [0.15, 0.2) is 5.13 Å². The number of anilines is 1. The summed E-state index contributed by atoms with van der Waals surface area (Å²) in [5, 5.41) is 0.386. The number of carbonyl (C=O) groups excluding carboxylic acids is 2. The summed E-state index contributed by atoms with van der Waals surface area (Å²) < 4.78 is 10.1. The third kappa shape index (κ3) is 4.51. The van der Waals surface area contributed by atoms with Crippen molar-refractivity contribution in [3.63, 3.8) is 0 Å². The van der Waals surface area contributed by atoms with Gasteiger partial charge in [-0.1, -0.05) is 11.3 Å². The molecule has 0 spiro atoms. The number of rotatable bonds is 3. The molecule has 0 aliphatic heterocycles. The third-order valence-corrected chi connectivity index (χ3v) is 2.98. The highest BCUT2D eigenvalue weighted by molar-refractivity contribution is 7.17. The standard InChI is InChI=1S/C12H18N2O4S/c1-6-17-9(15)8-7-13-10(19-8)14(5)11(16)18-12(2,3)4/h7H,6H2,1-5H3. The molecule has 0 aliphatic rings. The van der Waals surface area contributed by atoms with Crippen LogP contribution in [0.25, 0.3) is 0 Å². The number of hydrogen-bond acceptors (Lipinski definition) is 6. The zero-order valence-corrected chi connectivity index (χ0v) is 12.5. The third-order valence-electron chi connectivity index (χ3n) is 1.92. The highest BCUT2D eigenvalue weighted by Gasteiger charge is 2.23. The fourth-order valence-corrected chi connectivity index (χ4v) is 1.89. The van der Waals surface area contributed by atoms with E-state index in [1.165, 1.54) is 11.1 Å². The first-order valence-corrected chi connectivity index (χ1v) is 6.66. The fraction of sp³-hybridized carbons (Fsp3) is 0.583. The van der Waals surface area contributed by atoms with Gasteiger partial charge in [0.05, 0.1) is 12.8 Å². The van der Waals surface area contributed by atoms with E-state index in [1.54, 1.807) is 34.7 Å². The van der Waals surface area contributed by atoms with Crippen molar-refractivity contribution in [2.24, 2.45) is 0 Å².